The zero-order chi connectivity index (χ0) is 14.6. The second kappa shape index (κ2) is 10.8. The number of aliphatic hydroxyl groups excluding tert-OH is 1. The van der Waals surface area contributed by atoms with Gasteiger partial charge in [0.25, 0.3) is 0 Å². The Balaban J connectivity index is 2.06. The fraction of sp³-hybridized carbons (Fsp3) is 0.688. The molecule has 20 heavy (non-hydrogen) atoms. The van der Waals surface area contributed by atoms with E-state index in [0.717, 1.165) is 18.6 Å². The van der Waals surface area contributed by atoms with Gasteiger partial charge in [0.15, 0.2) is 0 Å². The minimum Gasteiger partial charge on any atom is -0.389 e. The molecule has 0 aliphatic heterocycles. The van der Waals surface area contributed by atoms with Gasteiger partial charge in [-0.15, -0.1) is 0 Å². The van der Waals surface area contributed by atoms with Gasteiger partial charge in [-0.2, -0.15) is 0 Å². The molecule has 1 rings (SSSR count). The van der Waals surface area contributed by atoms with E-state index in [9.17, 15) is 5.11 Å². The summed E-state index contributed by atoms with van der Waals surface area (Å²) < 4.78 is 5.48. The van der Waals surface area contributed by atoms with Crippen LogP contribution >= 0.6 is 0 Å². The number of pyridine rings is 1. The van der Waals surface area contributed by atoms with Crippen molar-refractivity contribution in [3.8, 4) is 0 Å². The molecule has 0 saturated heterocycles. The number of hydrogen-bond donors (Lipinski definition) is 2. The molecule has 4 nitrogen and oxygen atoms in total. The van der Waals surface area contributed by atoms with Gasteiger partial charge < -0.3 is 15.2 Å². The average Bonchev–Trinajstić information content (AvgIpc) is 2.49. The topological polar surface area (TPSA) is 54.4 Å². The van der Waals surface area contributed by atoms with Crippen molar-refractivity contribution >= 4 is 0 Å². The van der Waals surface area contributed by atoms with Crippen molar-refractivity contribution in [2.24, 2.45) is 0 Å². The predicted molar refractivity (Wildman–Crippen MR) is 81.6 cm³/mol. The third-order valence-corrected chi connectivity index (χ3v) is 3.30. The summed E-state index contributed by atoms with van der Waals surface area (Å²) in [5, 5.41) is 13.1. The van der Waals surface area contributed by atoms with Crippen LogP contribution in [0.2, 0.25) is 0 Å². The molecule has 1 aromatic rings. The molecule has 0 spiro atoms. The van der Waals surface area contributed by atoms with Gasteiger partial charge in [-0.1, -0.05) is 32.3 Å². The van der Waals surface area contributed by atoms with E-state index in [1.807, 2.05) is 18.3 Å². The van der Waals surface area contributed by atoms with Crippen molar-refractivity contribution in [2.45, 2.75) is 51.7 Å². The van der Waals surface area contributed by atoms with Crippen LogP contribution in [0.1, 0.15) is 51.1 Å². The Labute approximate surface area is 122 Å². The van der Waals surface area contributed by atoms with Crippen LogP contribution in [0.25, 0.3) is 0 Å². The van der Waals surface area contributed by atoms with Crippen LogP contribution in [0, 0.1) is 0 Å². The molecule has 0 aliphatic rings. The number of rotatable bonds is 11. The molecule has 1 heterocycles. The van der Waals surface area contributed by atoms with E-state index in [-0.39, 0.29) is 6.04 Å². The number of nitrogens with zero attached hydrogens (tertiary/aromatic N) is 1. The maximum absolute atomic E-state index is 9.84. The number of aromatic nitrogens is 1. The van der Waals surface area contributed by atoms with Crippen molar-refractivity contribution in [3.05, 3.63) is 30.1 Å². The van der Waals surface area contributed by atoms with Crippen molar-refractivity contribution in [3.63, 3.8) is 0 Å². The molecule has 2 atom stereocenters. The summed E-state index contributed by atoms with van der Waals surface area (Å²) in [5.41, 5.74) is 1.13. The predicted octanol–water partition coefficient (Wildman–Crippen LogP) is 2.69. The minimum atomic E-state index is -0.458. The molecule has 0 radical (unpaired) electrons. The average molecular weight is 280 g/mol. The molecule has 0 amide bonds. The summed E-state index contributed by atoms with van der Waals surface area (Å²) in [4.78, 5) is 4.09. The van der Waals surface area contributed by atoms with E-state index in [1.165, 1.54) is 19.3 Å². The lowest BCUT2D eigenvalue weighted by molar-refractivity contribution is 0.0343. The molecule has 0 aliphatic carbocycles. The molecule has 4 heteroatoms. The standard InChI is InChI=1S/C16H28N2O2/c1-3-4-5-6-10-20-13-16(19)12-18-14(2)15-8-7-9-17-11-15/h7-9,11,14,16,18-19H,3-6,10,12-13H2,1-2H3. The molecular weight excluding hydrogens is 252 g/mol. The number of aliphatic hydroxyl groups is 1. The first-order valence-electron chi connectivity index (χ1n) is 7.63. The number of hydrogen-bond acceptors (Lipinski definition) is 4. The Hall–Kier alpha value is -0.970. The second-order valence-corrected chi connectivity index (χ2v) is 5.21. The van der Waals surface area contributed by atoms with Gasteiger partial charge in [-0.25, -0.2) is 0 Å². The quantitative estimate of drug-likeness (QED) is 0.612. The second-order valence-electron chi connectivity index (χ2n) is 5.21. The van der Waals surface area contributed by atoms with Crippen molar-refractivity contribution < 1.29 is 9.84 Å². The van der Waals surface area contributed by atoms with Crippen LogP contribution in [0.4, 0.5) is 0 Å². The maximum atomic E-state index is 9.84. The Morgan fingerprint density at radius 1 is 1.35 bits per heavy atom. The van der Waals surface area contributed by atoms with Crippen molar-refractivity contribution in [1.29, 1.82) is 0 Å². The van der Waals surface area contributed by atoms with E-state index >= 15 is 0 Å². The van der Waals surface area contributed by atoms with E-state index in [4.69, 9.17) is 4.74 Å². The lowest BCUT2D eigenvalue weighted by atomic mass is 10.1. The lowest BCUT2D eigenvalue weighted by Gasteiger charge is -2.17. The molecule has 0 aromatic carbocycles. The van der Waals surface area contributed by atoms with Crippen LogP contribution < -0.4 is 5.32 Å². The highest BCUT2D eigenvalue weighted by molar-refractivity contribution is 5.12. The van der Waals surface area contributed by atoms with Gasteiger partial charge in [-0.05, 0) is 25.0 Å². The van der Waals surface area contributed by atoms with Gasteiger partial charge in [0.2, 0.25) is 0 Å². The molecule has 2 unspecified atom stereocenters. The summed E-state index contributed by atoms with van der Waals surface area (Å²) in [5.74, 6) is 0. The first-order valence-corrected chi connectivity index (χ1v) is 7.63. The van der Waals surface area contributed by atoms with Crippen LogP contribution in [0.5, 0.6) is 0 Å². The molecule has 0 bridgehead atoms. The third kappa shape index (κ3) is 7.58. The zero-order valence-corrected chi connectivity index (χ0v) is 12.7. The Morgan fingerprint density at radius 3 is 2.90 bits per heavy atom. The Kier molecular flexibility index (Phi) is 9.20. The Morgan fingerprint density at radius 2 is 2.20 bits per heavy atom. The van der Waals surface area contributed by atoms with E-state index in [1.54, 1.807) is 6.20 Å². The van der Waals surface area contributed by atoms with Gasteiger partial charge in [-0.3, -0.25) is 4.98 Å². The maximum Gasteiger partial charge on any atom is 0.0897 e. The minimum absolute atomic E-state index is 0.183. The molecule has 2 N–H and O–H groups in total. The van der Waals surface area contributed by atoms with Gasteiger partial charge in [0.1, 0.15) is 0 Å². The third-order valence-electron chi connectivity index (χ3n) is 3.30. The highest BCUT2D eigenvalue weighted by Gasteiger charge is 2.08. The van der Waals surface area contributed by atoms with Crippen LogP contribution in [0.3, 0.4) is 0 Å². The first kappa shape index (κ1) is 17.1. The highest BCUT2D eigenvalue weighted by atomic mass is 16.5. The van der Waals surface area contributed by atoms with Crippen LogP contribution in [0.15, 0.2) is 24.5 Å². The number of nitrogens with one attached hydrogen (secondary N) is 1. The summed E-state index contributed by atoms with van der Waals surface area (Å²) in [7, 11) is 0. The summed E-state index contributed by atoms with van der Waals surface area (Å²) in [6.45, 7) is 5.94. The summed E-state index contributed by atoms with van der Waals surface area (Å²) in [6.07, 6.45) is 7.93. The first-order chi connectivity index (χ1) is 9.74. The van der Waals surface area contributed by atoms with Crippen LogP contribution in [-0.4, -0.2) is 36.0 Å². The fourth-order valence-electron chi connectivity index (χ4n) is 1.97. The molecule has 114 valence electrons. The fourth-order valence-corrected chi connectivity index (χ4v) is 1.97. The molecular formula is C16H28N2O2. The summed E-state index contributed by atoms with van der Waals surface area (Å²) in [6, 6.07) is 4.13. The van der Waals surface area contributed by atoms with Gasteiger partial charge in [0, 0.05) is 31.6 Å². The number of unbranched alkanes of at least 4 members (excludes halogenated alkanes) is 3. The van der Waals surface area contributed by atoms with Gasteiger partial charge in [0.05, 0.1) is 12.7 Å². The lowest BCUT2D eigenvalue weighted by Crippen LogP contribution is -2.32. The van der Waals surface area contributed by atoms with E-state index in [2.05, 4.69) is 24.1 Å². The largest absolute Gasteiger partial charge is 0.389 e. The van der Waals surface area contributed by atoms with E-state index in [0.29, 0.717) is 13.2 Å². The normalized spacial score (nSPS) is 14.2. The van der Waals surface area contributed by atoms with Crippen molar-refractivity contribution in [2.75, 3.05) is 19.8 Å². The van der Waals surface area contributed by atoms with Gasteiger partial charge >= 0.3 is 0 Å². The van der Waals surface area contributed by atoms with Crippen LogP contribution in [-0.2, 0) is 4.74 Å². The monoisotopic (exact) mass is 280 g/mol. The Bertz CT molecular complexity index is 333. The molecule has 0 saturated carbocycles. The SMILES string of the molecule is CCCCCCOCC(O)CNC(C)c1cccnc1. The summed E-state index contributed by atoms with van der Waals surface area (Å²) >= 11 is 0. The molecule has 1 aromatic heterocycles. The highest BCUT2D eigenvalue weighted by Crippen LogP contribution is 2.09. The van der Waals surface area contributed by atoms with Crippen molar-refractivity contribution in [1.82, 2.24) is 10.3 Å². The smallest absolute Gasteiger partial charge is 0.0897 e. The zero-order valence-electron chi connectivity index (χ0n) is 12.7. The molecule has 0 fully saturated rings. The van der Waals surface area contributed by atoms with E-state index < -0.39 is 6.10 Å². The number of ether oxygens (including phenoxy) is 1.